The normalized spacial score (nSPS) is 13.0. The van der Waals surface area contributed by atoms with E-state index in [1.165, 1.54) is 0 Å². The molecular weight excluding hydrogens is 447 g/mol. The van der Waals surface area contributed by atoms with Crippen LogP contribution < -0.4 is 10.1 Å². The highest BCUT2D eigenvalue weighted by molar-refractivity contribution is 5.94. The first kappa shape index (κ1) is 25.5. The van der Waals surface area contributed by atoms with Crippen molar-refractivity contribution in [3.05, 3.63) is 42.5 Å². The van der Waals surface area contributed by atoms with Crippen LogP contribution >= 0.6 is 0 Å². The van der Waals surface area contributed by atoms with Gasteiger partial charge in [0.05, 0.1) is 6.20 Å². The molecule has 2 N–H and O–H groups in total. The second kappa shape index (κ2) is 10.9. The van der Waals surface area contributed by atoms with Crippen molar-refractivity contribution in [3.63, 3.8) is 0 Å². The highest BCUT2D eigenvalue weighted by atomic mass is 19.4. The summed E-state index contributed by atoms with van der Waals surface area (Å²) in [6.07, 6.45) is 2.68. The SMILES string of the molecule is CC(C)C(Cc1cncc(-c2c[nH]c3ncc(OCCN(C)C)cc23)c1)C(=O)NCC(F)(F)F. The number of H-pyrrole nitrogens is 1. The average molecular weight is 478 g/mol. The Bertz CT molecular complexity index is 1110. The number of nitrogens with zero attached hydrogens (tertiary/aromatic N) is 3. The largest absolute Gasteiger partial charge is 0.491 e. The molecule has 3 aromatic heterocycles. The molecule has 3 aromatic rings. The van der Waals surface area contributed by atoms with Crippen LogP contribution in [0.4, 0.5) is 13.2 Å². The van der Waals surface area contributed by atoms with Crippen LogP contribution in [0.5, 0.6) is 5.75 Å². The van der Waals surface area contributed by atoms with Crippen molar-refractivity contribution in [2.24, 2.45) is 11.8 Å². The highest BCUT2D eigenvalue weighted by Gasteiger charge is 2.30. The van der Waals surface area contributed by atoms with Crippen molar-refractivity contribution in [1.29, 1.82) is 0 Å². The van der Waals surface area contributed by atoms with Crippen molar-refractivity contribution in [2.75, 3.05) is 33.8 Å². The number of pyridine rings is 2. The summed E-state index contributed by atoms with van der Waals surface area (Å²) in [5.41, 5.74) is 3.15. The summed E-state index contributed by atoms with van der Waals surface area (Å²) < 4.78 is 43.4. The number of hydrogen-bond donors (Lipinski definition) is 2. The third kappa shape index (κ3) is 6.93. The van der Waals surface area contributed by atoms with Gasteiger partial charge in [0, 0.05) is 47.6 Å². The minimum Gasteiger partial charge on any atom is -0.491 e. The number of carbonyl (C=O) groups excluding carboxylic acids is 1. The Morgan fingerprint density at radius 2 is 1.97 bits per heavy atom. The van der Waals surface area contributed by atoms with Crippen LogP contribution in [0.15, 0.2) is 36.9 Å². The number of alkyl halides is 3. The lowest BCUT2D eigenvalue weighted by atomic mass is 9.88. The Hall–Kier alpha value is -3.14. The molecule has 0 spiro atoms. The Morgan fingerprint density at radius 3 is 2.65 bits per heavy atom. The molecule has 1 unspecified atom stereocenters. The third-order valence-electron chi connectivity index (χ3n) is 5.48. The van der Waals surface area contributed by atoms with Crippen LogP contribution in [0.1, 0.15) is 19.4 Å². The number of likely N-dealkylation sites (N-methyl/N-ethyl adjacent to an activating group) is 1. The molecule has 0 radical (unpaired) electrons. The van der Waals surface area contributed by atoms with Crippen LogP contribution in [-0.2, 0) is 11.2 Å². The fourth-order valence-corrected chi connectivity index (χ4v) is 3.60. The van der Waals surface area contributed by atoms with Gasteiger partial charge in [0.2, 0.25) is 5.91 Å². The molecular formula is C24H30F3N5O2. The molecule has 0 aliphatic carbocycles. The second-order valence-electron chi connectivity index (χ2n) is 8.89. The monoisotopic (exact) mass is 477 g/mol. The number of amides is 1. The lowest BCUT2D eigenvalue weighted by Gasteiger charge is -2.21. The number of halogens is 3. The van der Waals surface area contributed by atoms with E-state index in [2.05, 4.69) is 15.0 Å². The van der Waals surface area contributed by atoms with E-state index in [9.17, 15) is 18.0 Å². The number of carbonyl (C=O) groups is 1. The molecule has 0 aliphatic heterocycles. The van der Waals surface area contributed by atoms with Gasteiger partial charge in [-0.3, -0.25) is 9.78 Å². The molecule has 3 heterocycles. The maximum Gasteiger partial charge on any atom is 0.405 e. The van der Waals surface area contributed by atoms with E-state index < -0.39 is 24.5 Å². The first-order valence-electron chi connectivity index (χ1n) is 11.1. The van der Waals surface area contributed by atoms with Gasteiger partial charge < -0.3 is 19.9 Å². The zero-order valence-electron chi connectivity index (χ0n) is 19.7. The first-order valence-corrected chi connectivity index (χ1v) is 11.1. The van der Waals surface area contributed by atoms with Crippen molar-refractivity contribution in [2.45, 2.75) is 26.4 Å². The van der Waals surface area contributed by atoms with Gasteiger partial charge in [-0.1, -0.05) is 13.8 Å². The number of aromatic amines is 1. The van der Waals surface area contributed by atoms with E-state index >= 15 is 0 Å². The van der Waals surface area contributed by atoms with Crippen LogP contribution in [0.2, 0.25) is 0 Å². The zero-order chi connectivity index (χ0) is 24.9. The predicted octanol–water partition coefficient (Wildman–Crippen LogP) is 4.06. The molecule has 0 aliphatic rings. The van der Waals surface area contributed by atoms with Gasteiger partial charge in [0.15, 0.2) is 0 Å². The summed E-state index contributed by atoms with van der Waals surface area (Å²) >= 11 is 0. The molecule has 0 saturated carbocycles. The smallest absolute Gasteiger partial charge is 0.405 e. The maximum absolute atomic E-state index is 12.5. The molecule has 0 fully saturated rings. The van der Waals surface area contributed by atoms with Crippen molar-refractivity contribution < 1.29 is 22.7 Å². The van der Waals surface area contributed by atoms with Crippen LogP contribution in [0.3, 0.4) is 0 Å². The molecule has 0 aromatic carbocycles. The lowest BCUT2D eigenvalue weighted by molar-refractivity contribution is -0.141. The average Bonchev–Trinajstić information content (AvgIpc) is 3.18. The van der Waals surface area contributed by atoms with Crippen LogP contribution in [-0.4, -0.2) is 65.7 Å². The highest BCUT2D eigenvalue weighted by Crippen LogP contribution is 2.31. The van der Waals surface area contributed by atoms with E-state index in [0.717, 1.165) is 28.6 Å². The number of ether oxygens (including phenoxy) is 1. The fraction of sp³-hybridized carbons (Fsp3) is 0.458. The van der Waals surface area contributed by atoms with E-state index in [4.69, 9.17) is 4.74 Å². The third-order valence-corrected chi connectivity index (χ3v) is 5.48. The van der Waals surface area contributed by atoms with E-state index in [-0.39, 0.29) is 12.3 Å². The maximum atomic E-state index is 12.5. The second-order valence-corrected chi connectivity index (χ2v) is 8.89. The van der Waals surface area contributed by atoms with Crippen molar-refractivity contribution >= 4 is 16.9 Å². The summed E-state index contributed by atoms with van der Waals surface area (Å²) in [5, 5.41) is 2.87. The number of fused-ring (bicyclic) bond motifs is 1. The first-order chi connectivity index (χ1) is 16.0. The lowest BCUT2D eigenvalue weighted by Crippen LogP contribution is -2.40. The Kier molecular flexibility index (Phi) is 8.14. The minimum absolute atomic E-state index is 0.143. The van der Waals surface area contributed by atoms with Gasteiger partial charge in [-0.25, -0.2) is 4.98 Å². The van der Waals surface area contributed by atoms with Gasteiger partial charge >= 0.3 is 6.18 Å². The summed E-state index contributed by atoms with van der Waals surface area (Å²) in [7, 11) is 3.94. The summed E-state index contributed by atoms with van der Waals surface area (Å²) in [4.78, 5) is 26.3. The van der Waals surface area contributed by atoms with E-state index in [1.807, 2.05) is 56.5 Å². The van der Waals surface area contributed by atoms with Gasteiger partial charge in [0.1, 0.15) is 24.5 Å². The number of aromatic nitrogens is 3. The van der Waals surface area contributed by atoms with E-state index in [1.54, 1.807) is 18.6 Å². The van der Waals surface area contributed by atoms with Crippen LogP contribution in [0.25, 0.3) is 22.2 Å². The number of rotatable bonds is 10. The van der Waals surface area contributed by atoms with Gasteiger partial charge in [0.25, 0.3) is 0 Å². The summed E-state index contributed by atoms with van der Waals surface area (Å²) in [5.74, 6) is -0.717. The Balaban J connectivity index is 1.80. The quantitative estimate of drug-likeness (QED) is 0.460. The molecule has 0 bridgehead atoms. The Labute approximate surface area is 196 Å². The standard InChI is InChI=1S/C24H30F3N5O2/c1-15(2)19(23(33)31-14-24(25,26)27)8-16-7-17(11-28-10-16)21-13-30-22-20(21)9-18(12-29-22)34-6-5-32(3)4/h7,9-13,15,19H,5-6,8,14H2,1-4H3,(H,29,30)(H,31,33). The predicted molar refractivity (Wildman–Crippen MR) is 124 cm³/mol. The Morgan fingerprint density at radius 1 is 1.21 bits per heavy atom. The fourth-order valence-electron chi connectivity index (χ4n) is 3.60. The molecule has 7 nitrogen and oxygen atoms in total. The number of hydrogen-bond acceptors (Lipinski definition) is 5. The van der Waals surface area contributed by atoms with Gasteiger partial charge in [-0.2, -0.15) is 13.2 Å². The molecule has 3 rings (SSSR count). The zero-order valence-corrected chi connectivity index (χ0v) is 19.7. The summed E-state index contributed by atoms with van der Waals surface area (Å²) in [6, 6.07) is 3.82. The molecule has 1 amide bonds. The van der Waals surface area contributed by atoms with Crippen LogP contribution in [0, 0.1) is 11.8 Å². The van der Waals surface area contributed by atoms with Gasteiger partial charge in [-0.15, -0.1) is 0 Å². The molecule has 10 heteroatoms. The van der Waals surface area contributed by atoms with Gasteiger partial charge in [-0.05, 0) is 44.1 Å². The molecule has 1 atom stereocenters. The molecule has 184 valence electrons. The minimum atomic E-state index is -4.45. The topological polar surface area (TPSA) is 83.1 Å². The van der Waals surface area contributed by atoms with E-state index in [0.29, 0.717) is 18.0 Å². The number of nitrogens with one attached hydrogen (secondary N) is 2. The summed E-state index contributed by atoms with van der Waals surface area (Å²) in [6.45, 7) is 3.60. The molecule has 34 heavy (non-hydrogen) atoms. The van der Waals surface area contributed by atoms with Crippen molar-refractivity contribution in [1.82, 2.24) is 25.2 Å². The van der Waals surface area contributed by atoms with Crippen molar-refractivity contribution in [3.8, 4) is 16.9 Å². The molecule has 0 saturated heterocycles.